The largest absolute Gasteiger partial charge is 0.481 e. The molecule has 1 saturated carbocycles. The first kappa shape index (κ1) is 64.6. The van der Waals surface area contributed by atoms with Crippen LogP contribution in [0.15, 0.2) is 49.1 Å². The first-order valence-electron chi connectivity index (χ1n) is 27.6. The van der Waals surface area contributed by atoms with Crippen LogP contribution in [-0.2, 0) is 60.8 Å². The number of rotatable bonds is 12. The molecule has 4 heterocycles. The van der Waals surface area contributed by atoms with Gasteiger partial charge in [-0.05, 0) is 81.9 Å². The van der Waals surface area contributed by atoms with Gasteiger partial charge in [-0.1, -0.05) is 77.6 Å². The van der Waals surface area contributed by atoms with Gasteiger partial charge in [-0.3, -0.25) is 63.0 Å². The third-order valence-corrected chi connectivity index (χ3v) is 17.0. The van der Waals surface area contributed by atoms with Gasteiger partial charge in [0.2, 0.25) is 53.2 Å². The number of imidazole rings is 1. The van der Waals surface area contributed by atoms with Crippen LogP contribution in [0.2, 0.25) is 0 Å². The molecule has 26 nitrogen and oxygen atoms in total. The number of carboxylic acids is 1. The second kappa shape index (κ2) is 32.9. The molecule has 2 saturated heterocycles. The van der Waals surface area contributed by atoms with Crippen molar-refractivity contribution in [2.24, 2.45) is 5.92 Å². The Morgan fingerprint density at radius 3 is 2.05 bits per heavy atom. The SMILES string of the molecule is CC[C@@H]1NC(=O)[C@H]2CCSSCC[C@@H](NC(=O)[C@H](C)NC(=O)[C@H](NSC)CCCCNC(=O)[C@H](Cc3cc4ccccc4cn3)NC1O)C(=O)N[C@@H](Cc1cnc[nH]1)C(=O)N[C@@H](CC1CC1)C(=O)NCC(=O)N[C@@H](CCC(=O)O)C(=O)N2. The molecule has 3 aliphatic rings. The van der Waals surface area contributed by atoms with Crippen molar-refractivity contribution >= 4 is 103 Å². The molecule has 0 spiro atoms. The van der Waals surface area contributed by atoms with Crippen LogP contribution in [0.1, 0.15) is 95.9 Å². The maximum Gasteiger partial charge on any atom is 0.303 e. The number of aliphatic carboxylic acids is 1. The van der Waals surface area contributed by atoms with Gasteiger partial charge < -0.3 is 63.0 Å². The Morgan fingerprint density at radius 1 is 0.707 bits per heavy atom. The van der Waals surface area contributed by atoms with E-state index in [0.29, 0.717) is 30.7 Å². The molecule has 2 aliphatic heterocycles. The Kier molecular flexibility index (Phi) is 26.0. The molecular weight excluding hydrogens is 1120 g/mol. The van der Waals surface area contributed by atoms with Crippen molar-refractivity contribution in [3.05, 3.63) is 60.4 Å². The molecule has 9 amide bonds. The van der Waals surface area contributed by atoms with E-state index in [4.69, 9.17) is 0 Å². The van der Waals surface area contributed by atoms with Crippen molar-refractivity contribution in [1.82, 2.24) is 72.8 Å². The first-order chi connectivity index (χ1) is 39.4. The molecule has 2 aromatic heterocycles. The number of carboxylic acid groups (broad SMARTS) is 1. The summed E-state index contributed by atoms with van der Waals surface area (Å²) in [5.74, 6) is -7.33. The molecule has 6 rings (SSSR count). The molecule has 448 valence electrons. The van der Waals surface area contributed by atoms with Crippen LogP contribution < -0.4 is 57.9 Å². The Balaban J connectivity index is 1.33. The normalized spacial score (nSPS) is 27.4. The zero-order valence-corrected chi connectivity index (χ0v) is 48.5. The molecule has 29 heteroatoms. The van der Waals surface area contributed by atoms with Gasteiger partial charge >= 0.3 is 5.97 Å². The minimum absolute atomic E-state index is 0.000796. The van der Waals surface area contributed by atoms with Crippen LogP contribution in [0.4, 0.5) is 0 Å². The Bertz CT molecular complexity index is 2690. The molecule has 10 atom stereocenters. The summed E-state index contributed by atoms with van der Waals surface area (Å²) >= 11 is 1.21. The highest BCUT2D eigenvalue weighted by atomic mass is 33.1. The lowest BCUT2D eigenvalue weighted by Crippen LogP contribution is -2.60. The first-order valence-corrected chi connectivity index (χ1v) is 31.3. The third-order valence-electron chi connectivity index (χ3n) is 14.0. The van der Waals surface area contributed by atoms with E-state index in [1.54, 1.807) is 19.4 Å². The summed E-state index contributed by atoms with van der Waals surface area (Å²) in [6, 6.07) is -1.29. The summed E-state index contributed by atoms with van der Waals surface area (Å²) in [4.78, 5) is 150. The maximum absolute atomic E-state index is 14.4. The van der Waals surface area contributed by atoms with Gasteiger partial charge in [-0.2, -0.15) is 0 Å². The van der Waals surface area contributed by atoms with Crippen LogP contribution in [0.3, 0.4) is 0 Å². The third kappa shape index (κ3) is 21.0. The van der Waals surface area contributed by atoms with Crippen molar-refractivity contribution in [2.45, 2.75) is 158 Å². The van der Waals surface area contributed by atoms with Gasteiger partial charge in [-0.15, -0.1) is 0 Å². The number of carbonyl (C=O) groups is 10. The van der Waals surface area contributed by atoms with Crippen molar-refractivity contribution in [1.29, 1.82) is 0 Å². The van der Waals surface area contributed by atoms with Crippen LogP contribution in [-0.4, -0.2) is 176 Å². The van der Waals surface area contributed by atoms with E-state index in [1.807, 2.05) is 30.3 Å². The second-order valence-electron chi connectivity index (χ2n) is 20.5. The molecule has 3 aromatic rings. The minimum atomic E-state index is -1.54. The van der Waals surface area contributed by atoms with Gasteiger partial charge in [0.25, 0.3) is 0 Å². The maximum atomic E-state index is 14.4. The fourth-order valence-electron chi connectivity index (χ4n) is 9.18. The molecule has 1 unspecified atom stereocenters. The molecule has 1 aliphatic carbocycles. The van der Waals surface area contributed by atoms with E-state index in [1.165, 1.54) is 53.0 Å². The zero-order valence-electron chi connectivity index (χ0n) is 46.1. The van der Waals surface area contributed by atoms with Crippen LogP contribution in [0, 0.1) is 5.92 Å². The number of benzene rings is 1. The number of nitrogens with one attached hydrogen (secondary N) is 12. The lowest BCUT2D eigenvalue weighted by atomic mass is 10.0. The summed E-state index contributed by atoms with van der Waals surface area (Å²) in [5.41, 5.74) is 0.993. The van der Waals surface area contributed by atoms with Gasteiger partial charge in [0.05, 0.1) is 31.0 Å². The predicted molar refractivity (Wildman–Crippen MR) is 309 cm³/mol. The highest BCUT2D eigenvalue weighted by Gasteiger charge is 2.36. The fourth-order valence-corrected chi connectivity index (χ4v) is 11.9. The highest BCUT2D eigenvalue weighted by Crippen LogP contribution is 2.33. The quantitative estimate of drug-likeness (QED) is 0.0790. The number of hydrogen-bond donors (Lipinski definition) is 14. The number of H-pyrrole nitrogens is 1. The number of amides is 9. The summed E-state index contributed by atoms with van der Waals surface area (Å²) in [6.07, 6.45) is 6.69. The van der Waals surface area contributed by atoms with E-state index in [2.05, 4.69) is 72.8 Å². The Hall–Kier alpha value is -6.53. The standard InChI is InChI=1S/C53H76N14O12S3/c1-4-35-48(74)65-41(23-33-22-31-9-5-6-10-32(31)25-56-33)46(72)55-18-8-7-11-39(67-80-3)52(78)59-29(2)45(71)62-37-16-19-81-82-20-17-38(50(76)61-35)63-49(75)36(14-15-44(69)70)60-43(68)27-57-47(73)40(21-30-12-13-30)64-53(79)42(66-51(37)77)24-34-26-54-28-58-34/h5-6,9-10,22,25-26,28-30,35-42,48,65,67,74H,4,7-8,11-21,23-24,27H2,1-3H3,(H,54,58)(H,55,72)(H,57,73)(H,59,78)(H,60,68)(H,61,76)(H,62,71)(H,63,75)(H,64,79)(H,66,77)(H,69,70)/t29-,35-,36-,37+,38+,39+,40-,41-,42-,48?/m0/s1. The smallest absolute Gasteiger partial charge is 0.303 e. The molecule has 82 heavy (non-hydrogen) atoms. The zero-order chi connectivity index (χ0) is 59.1. The molecular formula is C53H76N14O12S3. The Morgan fingerprint density at radius 2 is 1.38 bits per heavy atom. The number of aromatic amines is 1. The number of hydrogen-bond acceptors (Lipinski definition) is 18. The summed E-state index contributed by atoms with van der Waals surface area (Å²) < 4.78 is 3.07. The molecule has 14 N–H and O–H groups in total. The van der Waals surface area contributed by atoms with Crippen molar-refractivity contribution in [2.75, 3.05) is 30.9 Å². The van der Waals surface area contributed by atoms with Gasteiger partial charge in [0.15, 0.2) is 0 Å². The summed E-state index contributed by atoms with van der Waals surface area (Å²) in [7, 11) is 2.53. The van der Waals surface area contributed by atoms with Gasteiger partial charge in [-0.25, -0.2) is 4.98 Å². The average Bonchev–Trinajstić information content (AvgIpc) is 4.13. The van der Waals surface area contributed by atoms with E-state index >= 15 is 0 Å². The van der Waals surface area contributed by atoms with Crippen molar-refractivity contribution in [3.8, 4) is 0 Å². The molecule has 2 bridgehead atoms. The molecule has 3 fully saturated rings. The number of aliphatic hydroxyl groups is 1. The number of pyridine rings is 1. The van der Waals surface area contributed by atoms with Gasteiger partial charge in [0.1, 0.15) is 42.5 Å². The fraction of sp³-hybridized carbons (Fsp3) is 0.585. The predicted octanol–water partition coefficient (Wildman–Crippen LogP) is -0.664. The number of nitrogens with zero attached hydrogens (tertiary/aromatic N) is 2. The lowest BCUT2D eigenvalue weighted by Gasteiger charge is -2.30. The summed E-state index contributed by atoms with van der Waals surface area (Å²) in [6.45, 7) is 2.64. The van der Waals surface area contributed by atoms with Crippen molar-refractivity contribution < 1.29 is 58.2 Å². The van der Waals surface area contributed by atoms with Crippen LogP contribution in [0.5, 0.6) is 0 Å². The molecule has 0 radical (unpaired) electrons. The topological polar surface area (TPSA) is 385 Å². The molecule has 1 aromatic carbocycles. The monoisotopic (exact) mass is 1200 g/mol. The number of carbonyl (C=O) groups excluding carboxylic acids is 9. The van der Waals surface area contributed by atoms with Gasteiger partial charge in [0, 0.05) is 66.5 Å². The van der Waals surface area contributed by atoms with E-state index in [9.17, 15) is 58.2 Å². The van der Waals surface area contributed by atoms with Crippen molar-refractivity contribution in [3.63, 3.8) is 0 Å². The van der Waals surface area contributed by atoms with E-state index < -0.39 is 139 Å². The number of aliphatic hydroxyl groups excluding tert-OH is 1. The minimum Gasteiger partial charge on any atom is -0.481 e. The van der Waals surface area contributed by atoms with Crippen LogP contribution >= 0.6 is 33.5 Å². The summed E-state index contributed by atoms with van der Waals surface area (Å²) in [5, 5.41) is 50.6. The lowest BCUT2D eigenvalue weighted by molar-refractivity contribution is -0.138. The number of fused-ring (bicyclic) bond motifs is 8. The van der Waals surface area contributed by atoms with E-state index in [-0.39, 0.29) is 62.5 Å². The number of aromatic nitrogens is 3. The second-order valence-corrected chi connectivity index (χ2v) is 23.8. The average molecular weight is 1200 g/mol. The van der Waals surface area contributed by atoms with E-state index in [0.717, 1.165) is 23.6 Å². The Labute approximate surface area is 487 Å². The highest BCUT2D eigenvalue weighted by molar-refractivity contribution is 8.76. The van der Waals surface area contributed by atoms with Crippen LogP contribution in [0.25, 0.3) is 10.8 Å².